The summed E-state index contributed by atoms with van der Waals surface area (Å²) in [6.45, 7) is 0. The van der Waals surface area contributed by atoms with Crippen molar-refractivity contribution in [3.05, 3.63) is 81.1 Å². The normalized spacial score (nSPS) is 10.5. The summed E-state index contributed by atoms with van der Waals surface area (Å²) in [6, 6.07) is 18.6. The third-order valence-corrected chi connectivity index (χ3v) is 4.32. The monoisotopic (exact) mass is 368 g/mol. The molecule has 3 aromatic rings. The summed E-state index contributed by atoms with van der Waals surface area (Å²) in [5.74, 6) is -0.759. The van der Waals surface area contributed by atoms with Crippen LogP contribution < -0.4 is 11.3 Å². The second kappa shape index (κ2) is 6.22. The maximum atomic E-state index is 12.4. The molecule has 114 valence electrons. The van der Waals surface area contributed by atoms with Crippen molar-refractivity contribution in [3.8, 4) is 22.4 Å². The van der Waals surface area contributed by atoms with E-state index in [1.807, 2.05) is 60.7 Å². The molecular weight excluding hydrogens is 356 g/mol. The highest BCUT2D eigenvalue weighted by Gasteiger charge is 2.21. The van der Waals surface area contributed by atoms with E-state index in [-0.39, 0.29) is 5.56 Å². The quantitative estimate of drug-likeness (QED) is 0.741. The topological polar surface area (TPSA) is 76.0 Å². The van der Waals surface area contributed by atoms with Gasteiger partial charge in [0.05, 0.1) is 10.2 Å². The van der Waals surface area contributed by atoms with Crippen molar-refractivity contribution in [2.45, 2.75) is 0 Å². The summed E-state index contributed by atoms with van der Waals surface area (Å²) >= 11 is 3.53. The van der Waals surface area contributed by atoms with Crippen molar-refractivity contribution >= 4 is 21.8 Å². The van der Waals surface area contributed by atoms with E-state index in [9.17, 15) is 9.59 Å². The fraction of sp³-hybridized carbons (Fsp3) is 0. The molecule has 3 N–H and O–H groups in total. The minimum absolute atomic E-state index is 0.0530. The van der Waals surface area contributed by atoms with Crippen molar-refractivity contribution in [2.24, 2.45) is 5.73 Å². The van der Waals surface area contributed by atoms with Crippen molar-refractivity contribution < 1.29 is 4.79 Å². The Balaban J connectivity index is 2.38. The number of aromatic amines is 1. The van der Waals surface area contributed by atoms with Crippen LogP contribution in [-0.2, 0) is 0 Å². The van der Waals surface area contributed by atoms with Crippen LogP contribution >= 0.6 is 15.9 Å². The van der Waals surface area contributed by atoms with E-state index in [2.05, 4.69) is 20.9 Å². The van der Waals surface area contributed by atoms with Crippen LogP contribution in [0.3, 0.4) is 0 Å². The molecule has 0 saturated heterocycles. The SMILES string of the molecule is NC(=O)c1c(-c2ccccc2)c(Br)c(-c2ccccc2)[nH]c1=O. The van der Waals surface area contributed by atoms with Gasteiger partial charge in [0.15, 0.2) is 0 Å². The highest BCUT2D eigenvalue weighted by atomic mass is 79.9. The van der Waals surface area contributed by atoms with Crippen LogP contribution in [0.5, 0.6) is 0 Å². The molecule has 23 heavy (non-hydrogen) atoms. The van der Waals surface area contributed by atoms with Crippen LogP contribution in [0.1, 0.15) is 10.4 Å². The highest BCUT2D eigenvalue weighted by molar-refractivity contribution is 9.10. The number of benzene rings is 2. The molecule has 0 aliphatic heterocycles. The Morgan fingerprint density at radius 1 is 0.913 bits per heavy atom. The second-order valence-corrected chi connectivity index (χ2v) is 5.78. The Morgan fingerprint density at radius 3 is 1.96 bits per heavy atom. The van der Waals surface area contributed by atoms with Crippen LogP contribution in [-0.4, -0.2) is 10.9 Å². The number of nitrogens with one attached hydrogen (secondary N) is 1. The van der Waals surface area contributed by atoms with Gasteiger partial charge in [-0.25, -0.2) is 0 Å². The largest absolute Gasteiger partial charge is 0.365 e. The van der Waals surface area contributed by atoms with Gasteiger partial charge in [-0.2, -0.15) is 0 Å². The number of amides is 1. The zero-order valence-corrected chi connectivity index (χ0v) is 13.6. The summed E-state index contributed by atoms with van der Waals surface area (Å²) in [6.07, 6.45) is 0. The molecule has 1 heterocycles. The zero-order chi connectivity index (χ0) is 16.4. The summed E-state index contributed by atoms with van der Waals surface area (Å²) < 4.78 is 0.628. The first-order valence-electron chi connectivity index (χ1n) is 6.96. The van der Waals surface area contributed by atoms with Gasteiger partial charge >= 0.3 is 0 Å². The lowest BCUT2D eigenvalue weighted by atomic mass is 9.98. The molecule has 1 amide bonds. The molecule has 1 aromatic heterocycles. The summed E-state index contributed by atoms with van der Waals surface area (Å²) in [5, 5.41) is 0. The average molecular weight is 369 g/mol. The minimum Gasteiger partial charge on any atom is -0.365 e. The summed E-state index contributed by atoms with van der Waals surface area (Å²) in [4.78, 5) is 27.0. The summed E-state index contributed by atoms with van der Waals surface area (Å²) in [7, 11) is 0. The van der Waals surface area contributed by atoms with Gasteiger partial charge in [-0.15, -0.1) is 0 Å². The van der Waals surface area contributed by atoms with Gasteiger partial charge in [0, 0.05) is 5.56 Å². The molecule has 5 heteroatoms. The Kier molecular flexibility index (Phi) is 4.12. The van der Waals surface area contributed by atoms with E-state index in [0.717, 1.165) is 11.1 Å². The average Bonchev–Trinajstić information content (AvgIpc) is 2.57. The number of primary amides is 1. The number of halogens is 1. The number of rotatable bonds is 3. The van der Waals surface area contributed by atoms with Crippen LogP contribution in [0.25, 0.3) is 22.4 Å². The van der Waals surface area contributed by atoms with Crippen LogP contribution in [0, 0.1) is 0 Å². The third kappa shape index (κ3) is 2.83. The minimum atomic E-state index is -0.759. The van der Waals surface area contributed by atoms with E-state index >= 15 is 0 Å². The van der Waals surface area contributed by atoms with Gasteiger partial charge in [-0.1, -0.05) is 60.7 Å². The molecule has 0 radical (unpaired) electrons. The first kappa shape index (κ1) is 15.2. The van der Waals surface area contributed by atoms with Crippen molar-refractivity contribution in [2.75, 3.05) is 0 Å². The Labute approximate surface area is 141 Å². The van der Waals surface area contributed by atoms with Crippen LogP contribution in [0.4, 0.5) is 0 Å². The van der Waals surface area contributed by atoms with Gasteiger partial charge in [-0.3, -0.25) is 9.59 Å². The number of aromatic nitrogens is 1. The fourth-order valence-corrected chi connectivity index (χ4v) is 3.25. The smallest absolute Gasteiger partial charge is 0.261 e. The van der Waals surface area contributed by atoms with Crippen LogP contribution in [0.15, 0.2) is 69.9 Å². The first-order valence-corrected chi connectivity index (χ1v) is 7.75. The number of carbonyl (C=O) groups is 1. The number of carbonyl (C=O) groups excluding carboxylic acids is 1. The van der Waals surface area contributed by atoms with Crippen molar-refractivity contribution in [3.63, 3.8) is 0 Å². The lowest BCUT2D eigenvalue weighted by Crippen LogP contribution is -2.25. The Hall–Kier alpha value is -2.66. The molecule has 0 saturated carbocycles. The molecule has 0 aliphatic rings. The maximum absolute atomic E-state index is 12.4. The van der Waals surface area contributed by atoms with Crippen molar-refractivity contribution in [1.29, 1.82) is 0 Å². The molecule has 0 aliphatic carbocycles. The lowest BCUT2D eigenvalue weighted by molar-refractivity contribution is 0.0999. The highest BCUT2D eigenvalue weighted by Crippen LogP contribution is 2.36. The van der Waals surface area contributed by atoms with E-state index in [0.29, 0.717) is 15.7 Å². The first-order chi connectivity index (χ1) is 11.1. The third-order valence-electron chi connectivity index (χ3n) is 3.53. The second-order valence-electron chi connectivity index (χ2n) is 4.99. The number of pyridine rings is 1. The molecule has 2 aromatic carbocycles. The standard InChI is InChI=1S/C18H13BrN2O2/c19-15-13(11-7-3-1-4-8-11)14(17(20)22)18(23)21-16(15)12-9-5-2-6-10-12/h1-10H,(H2,20,22)(H,21,23). The van der Waals surface area contributed by atoms with Gasteiger partial charge in [-0.05, 0) is 27.1 Å². The molecule has 0 bridgehead atoms. The number of hydrogen-bond acceptors (Lipinski definition) is 2. The van der Waals surface area contributed by atoms with Gasteiger partial charge in [0.1, 0.15) is 5.56 Å². The molecular formula is C18H13BrN2O2. The molecule has 0 spiro atoms. The number of hydrogen-bond donors (Lipinski definition) is 2. The number of nitrogens with two attached hydrogens (primary N) is 1. The Bertz CT molecular complexity index is 919. The molecule has 3 rings (SSSR count). The lowest BCUT2D eigenvalue weighted by Gasteiger charge is -2.13. The van der Waals surface area contributed by atoms with Crippen LogP contribution in [0.2, 0.25) is 0 Å². The molecule has 0 unspecified atom stereocenters. The fourth-order valence-electron chi connectivity index (χ4n) is 2.49. The predicted octanol–water partition coefficient (Wildman–Crippen LogP) is 3.57. The van der Waals surface area contributed by atoms with Gasteiger partial charge in [0.25, 0.3) is 11.5 Å². The van der Waals surface area contributed by atoms with E-state index in [1.165, 1.54) is 0 Å². The van der Waals surface area contributed by atoms with Gasteiger partial charge < -0.3 is 10.7 Å². The maximum Gasteiger partial charge on any atom is 0.261 e. The van der Waals surface area contributed by atoms with E-state index < -0.39 is 11.5 Å². The van der Waals surface area contributed by atoms with Crippen molar-refractivity contribution in [1.82, 2.24) is 4.98 Å². The predicted molar refractivity (Wildman–Crippen MR) is 94.2 cm³/mol. The van der Waals surface area contributed by atoms with Gasteiger partial charge in [0.2, 0.25) is 0 Å². The molecule has 4 nitrogen and oxygen atoms in total. The summed E-state index contributed by atoms with van der Waals surface area (Å²) in [5.41, 5.74) is 7.57. The molecule has 0 fully saturated rings. The zero-order valence-electron chi connectivity index (χ0n) is 12.0. The van der Waals surface area contributed by atoms with E-state index in [4.69, 9.17) is 5.73 Å². The number of H-pyrrole nitrogens is 1. The van der Waals surface area contributed by atoms with E-state index in [1.54, 1.807) is 0 Å². The Morgan fingerprint density at radius 2 is 1.43 bits per heavy atom. The molecule has 0 atom stereocenters.